The van der Waals surface area contributed by atoms with Gasteiger partial charge in [-0.25, -0.2) is 0 Å². The van der Waals surface area contributed by atoms with Crippen LogP contribution in [0, 0.1) is 0 Å². The van der Waals surface area contributed by atoms with Gasteiger partial charge in [-0.2, -0.15) is 0 Å². The lowest BCUT2D eigenvalue weighted by Crippen LogP contribution is -2.28. The minimum absolute atomic E-state index is 0.0161. The van der Waals surface area contributed by atoms with Gasteiger partial charge >= 0.3 is 0 Å². The van der Waals surface area contributed by atoms with Crippen molar-refractivity contribution >= 4 is 34.4 Å². The summed E-state index contributed by atoms with van der Waals surface area (Å²) in [5.74, 6) is 1.60. The van der Waals surface area contributed by atoms with Crippen LogP contribution in [0.25, 0.3) is 0 Å². The van der Waals surface area contributed by atoms with E-state index in [2.05, 4.69) is 32.7 Å². The Labute approximate surface area is 184 Å². The standard InChI is InChI=1S/C24H19N3OS2/c29-24-26-22(20-9-4-5-15-25-20)23(21-10-6-16-30-21)27(24)17-11-13-19(14-12-17)28-18-7-2-1-3-8-18/h1-16,22-23H,(H,26,29). The van der Waals surface area contributed by atoms with Crippen molar-refractivity contribution in [3.8, 4) is 11.5 Å². The zero-order valence-electron chi connectivity index (χ0n) is 16.0. The van der Waals surface area contributed by atoms with Crippen LogP contribution in [-0.2, 0) is 0 Å². The van der Waals surface area contributed by atoms with Crippen molar-refractivity contribution in [2.75, 3.05) is 4.90 Å². The van der Waals surface area contributed by atoms with Gasteiger partial charge in [-0.1, -0.05) is 30.3 Å². The van der Waals surface area contributed by atoms with E-state index in [-0.39, 0.29) is 12.1 Å². The largest absolute Gasteiger partial charge is 0.457 e. The number of hydrogen-bond acceptors (Lipinski definition) is 4. The number of nitrogens with zero attached hydrogens (tertiary/aromatic N) is 2. The summed E-state index contributed by atoms with van der Waals surface area (Å²) >= 11 is 7.48. The van der Waals surface area contributed by atoms with Crippen LogP contribution in [0.2, 0.25) is 0 Å². The second kappa shape index (κ2) is 8.26. The third-order valence-electron chi connectivity index (χ3n) is 5.03. The van der Waals surface area contributed by atoms with E-state index in [0.29, 0.717) is 5.11 Å². The van der Waals surface area contributed by atoms with Crippen LogP contribution in [0.1, 0.15) is 22.7 Å². The lowest BCUT2D eigenvalue weighted by atomic mass is 10.0. The summed E-state index contributed by atoms with van der Waals surface area (Å²) in [6.07, 6.45) is 1.82. The minimum Gasteiger partial charge on any atom is -0.457 e. The number of hydrogen-bond donors (Lipinski definition) is 1. The number of thiocarbonyl (C=S) groups is 1. The molecule has 2 aromatic heterocycles. The molecule has 3 heterocycles. The fourth-order valence-corrected chi connectivity index (χ4v) is 4.88. The summed E-state index contributed by atoms with van der Waals surface area (Å²) in [7, 11) is 0. The van der Waals surface area contributed by atoms with E-state index in [4.69, 9.17) is 17.0 Å². The van der Waals surface area contributed by atoms with Gasteiger partial charge in [0, 0.05) is 16.8 Å². The van der Waals surface area contributed by atoms with Gasteiger partial charge in [-0.15, -0.1) is 11.3 Å². The smallest absolute Gasteiger partial charge is 0.174 e. The summed E-state index contributed by atoms with van der Waals surface area (Å²) in [6, 6.07) is 28.1. The van der Waals surface area contributed by atoms with Crippen molar-refractivity contribution in [3.63, 3.8) is 0 Å². The number of nitrogens with one attached hydrogen (secondary N) is 1. The molecule has 0 spiro atoms. The molecular formula is C24H19N3OS2. The maximum atomic E-state index is 5.94. The van der Waals surface area contributed by atoms with Crippen LogP contribution in [0.15, 0.2) is 96.5 Å². The first-order valence-corrected chi connectivity index (χ1v) is 11.0. The fourth-order valence-electron chi connectivity index (χ4n) is 3.68. The Balaban J connectivity index is 1.47. The molecule has 4 aromatic rings. The predicted octanol–water partition coefficient (Wildman–Crippen LogP) is 6.11. The van der Waals surface area contributed by atoms with Crippen LogP contribution in [0.5, 0.6) is 11.5 Å². The highest BCUT2D eigenvalue weighted by molar-refractivity contribution is 7.80. The Kier molecular flexibility index (Phi) is 5.17. The van der Waals surface area contributed by atoms with Crippen LogP contribution in [0.4, 0.5) is 5.69 Å². The van der Waals surface area contributed by atoms with Gasteiger partial charge in [0.15, 0.2) is 5.11 Å². The number of rotatable bonds is 5. The van der Waals surface area contributed by atoms with Gasteiger partial charge in [0.05, 0.1) is 17.8 Å². The Morgan fingerprint density at radius 3 is 2.33 bits per heavy atom. The maximum Gasteiger partial charge on any atom is 0.174 e. The van der Waals surface area contributed by atoms with Crippen LogP contribution < -0.4 is 15.0 Å². The number of ether oxygens (including phenoxy) is 1. The first-order chi connectivity index (χ1) is 14.8. The van der Waals surface area contributed by atoms with E-state index in [1.165, 1.54) is 4.88 Å². The molecule has 1 aliphatic heterocycles. The molecular weight excluding hydrogens is 410 g/mol. The van der Waals surface area contributed by atoms with Gasteiger partial charge < -0.3 is 15.0 Å². The Morgan fingerprint density at radius 1 is 0.867 bits per heavy atom. The molecule has 1 aliphatic rings. The third-order valence-corrected chi connectivity index (χ3v) is 6.28. The van der Waals surface area contributed by atoms with Crippen molar-refractivity contribution in [2.45, 2.75) is 12.1 Å². The summed E-state index contributed by atoms with van der Waals surface area (Å²) < 4.78 is 5.94. The quantitative estimate of drug-likeness (QED) is 0.387. The molecule has 0 amide bonds. The second-order valence-corrected chi connectivity index (χ2v) is 8.29. The van der Waals surface area contributed by atoms with E-state index in [1.54, 1.807) is 11.3 Å². The van der Waals surface area contributed by atoms with Crippen LogP contribution >= 0.6 is 23.6 Å². The molecule has 0 bridgehead atoms. The van der Waals surface area contributed by atoms with Crippen LogP contribution in [-0.4, -0.2) is 10.1 Å². The molecule has 2 aromatic carbocycles. The highest BCUT2D eigenvalue weighted by atomic mass is 32.1. The molecule has 1 fully saturated rings. The van der Waals surface area contributed by atoms with E-state index in [0.717, 1.165) is 22.9 Å². The predicted molar refractivity (Wildman–Crippen MR) is 125 cm³/mol. The molecule has 2 atom stereocenters. The van der Waals surface area contributed by atoms with Crippen molar-refractivity contribution in [3.05, 3.63) is 107 Å². The molecule has 0 radical (unpaired) electrons. The second-order valence-electron chi connectivity index (χ2n) is 6.92. The zero-order chi connectivity index (χ0) is 20.3. The first kappa shape index (κ1) is 18.8. The van der Waals surface area contributed by atoms with E-state index in [1.807, 2.05) is 79.0 Å². The van der Waals surface area contributed by atoms with Crippen molar-refractivity contribution in [1.29, 1.82) is 0 Å². The maximum absolute atomic E-state index is 5.94. The number of pyridine rings is 1. The fraction of sp³-hybridized carbons (Fsp3) is 0.0833. The van der Waals surface area contributed by atoms with Crippen molar-refractivity contribution in [2.24, 2.45) is 0 Å². The Bertz CT molecular complexity index is 1120. The summed E-state index contributed by atoms with van der Waals surface area (Å²) in [5, 5.41) is 6.28. The number of para-hydroxylation sites is 1. The van der Waals surface area contributed by atoms with Crippen molar-refractivity contribution in [1.82, 2.24) is 10.3 Å². The lowest BCUT2D eigenvalue weighted by molar-refractivity contribution is 0.482. The van der Waals surface area contributed by atoms with Gasteiger partial charge in [-0.05, 0) is 72.2 Å². The van der Waals surface area contributed by atoms with E-state index < -0.39 is 0 Å². The Morgan fingerprint density at radius 2 is 1.63 bits per heavy atom. The SMILES string of the molecule is S=C1NC(c2ccccn2)C(c2cccs2)N1c1ccc(Oc2ccccc2)cc1. The average Bonchev–Trinajstić information content (AvgIpc) is 3.43. The summed E-state index contributed by atoms with van der Waals surface area (Å²) in [5.41, 5.74) is 1.99. The Hall–Kier alpha value is -3.22. The molecule has 30 heavy (non-hydrogen) atoms. The van der Waals surface area contributed by atoms with E-state index in [9.17, 15) is 0 Å². The lowest BCUT2D eigenvalue weighted by Gasteiger charge is -2.27. The molecule has 1 saturated heterocycles. The van der Waals surface area contributed by atoms with Gasteiger partial charge in [0.2, 0.25) is 0 Å². The molecule has 2 unspecified atom stereocenters. The normalized spacial score (nSPS) is 18.3. The molecule has 6 heteroatoms. The van der Waals surface area contributed by atoms with E-state index >= 15 is 0 Å². The molecule has 1 N–H and O–H groups in total. The first-order valence-electron chi connectivity index (χ1n) is 9.66. The number of benzene rings is 2. The summed E-state index contributed by atoms with van der Waals surface area (Å²) in [6.45, 7) is 0. The van der Waals surface area contributed by atoms with Gasteiger partial charge in [0.25, 0.3) is 0 Å². The molecule has 0 aliphatic carbocycles. The third kappa shape index (κ3) is 3.67. The van der Waals surface area contributed by atoms with Gasteiger partial charge in [-0.3, -0.25) is 4.98 Å². The molecule has 0 saturated carbocycles. The topological polar surface area (TPSA) is 37.4 Å². The molecule has 148 valence electrons. The highest BCUT2D eigenvalue weighted by Gasteiger charge is 2.41. The number of aromatic nitrogens is 1. The zero-order valence-corrected chi connectivity index (χ0v) is 17.6. The summed E-state index contributed by atoms with van der Waals surface area (Å²) in [4.78, 5) is 7.99. The van der Waals surface area contributed by atoms with Gasteiger partial charge in [0.1, 0.15) is 11.5 Å². The van der Waals surface area contributed by atoms with Crippen molar-refractivity contribution < 1.29 is 4.74 Å². The molecule has 5 rings (SSSR count). The number of anilines is 1. The monoisotopic (exact) mass is 429 g/mol. The number of thiophene rings is 1. The molecule has 4 nitrogen and oxygen atoms in total. The minimum atomic E-state index is -0.0161. The average molecular weight is 430 g/mol. The van der Waals surface area contributed by atoms with Crippen LogP contribution in [0.3, 0.4) is 0 Å². The highest BCUT2D eigenvalue weighted by Crippen LogP contribution is 2.43.